The second-order valence-electron chi connectivity index (χ2n) is 10.3. The number of hydrogen-bond donors (Lipinski definition) is 5. The van der Waals surface area contributed by atoms with Crippen molar-refractivity contribution in [2.75, 3.05) is 11.9 Å². The molecule has 0 bridgehead atoms. The van der Waals surface area contributed by atoms with E-state index in [-0.39, 0.29) is 17.7 Å². The van der Waals surface area contributed by atoms with E-state index in [1.54, 1.807) is 12.1 Å². The number of carbonyl (C=O) groups excluding carboxylic acids is 1. The highest BCUT2D eigenvalue weighted by atomic mass is 19.4. The largest absolute Gasteiger partial charge is 0.508 e. The Morgan fingerprint density at radius 3 is 2.40 bits per heavy atom. The topological polar surface area (TPSA) is 138 Å². The quantitative estimate of drug-likeness (QED) is 0.201. The summed E-state index contributed by atoms with van der Waals surface area (Å²) in [6.07, 6.45) is -3.19. The Balaban J connectivity index is 0.000000517. The lowest BCUT2D eigenvalue weighted by Crippen LogP contribution is -2.44. The lowest BCUT2D eigenvalue weighted by Gasteiger charge is -2.29. The Kier molecular flexibility index (Phi) is 9.11. The Hall–Kier alpha value is -4.51. The number of hydrogen-bond acceptors (Lipinski definition) is 6. The molecule has 0 saturated carbocycles. The first-order valence-electron chi connectivity index (χ1n) is 13.3. The first kappa shape index (κ1) is 30.4. The van der Waals surface area contributed by atoms with Crippen LogP contribution < -0.4 is 16.4 Å². The number of aromatic hydroxyl groups is 1. The van der Waals surface area contributed by atoms with Crippen LogP contribution in [0.1, 0.15) is 46.0 Å². The van der Waals surface area contributed by atoms with Crippen LogP contribution in [0.4, 0.5) is 18.9 Å². The normalized spacial score (nSPS) is 15.1. The Labute approximate surface area is 240 Å². The van der Waals surface area contributed by atoms with Gasteiger partial charge in [-0.1, -0.05) is 30.3 Å². The number of nitrogens with one attached hydrogen (secondary N) is 2. The Bertz CT molecular complexity index is 1540. The maximum Gasteiger partial charge on any atom is 0.490 e. The van der Waals surface area contributed by atoms with Crippen molar-refractivity contribution in [3.8, 4) is 5.75 Å². The van der Waals surface area contributed by atoms with Crippen molar-refractivity contribution in [1.29, 1.82) is 0 Å². The van der Waals surface area contributed by atoms with Crippen LogP contribution in [0, 0.1) is 13.8 Å². The van der Waals surface area contributed by atoms with Gasteiger partial charge in [0.2, 0.25) is 5.91 Å². The Morgan fingerprint density at radius 2 is 1.76 bits per heavy atom. The molecule has 6 N–H and O–H groups in total. The van der Waals surface area contributed by atoms with Crippen LogP contribution >= 0.6 is 0 Å². The van der Waals surface area contributed by atoms with Gasteiger partial charge >= 0.3 is 12.1 Å². The third-order valence-corrected chi connectivity index (χ3v) is 7.10. The number of amides is 1. The van der Waals surface area contributed by atoms with Gasteiger partial charge in [0.25, 0.3) is 0 Å². The van der Waals surface area contributed by atoms with Gasteiger partial charge in [0.05, 0.1) is 12.1 Å². The minimum Gasteiger partial charge on any atom is -0.508 e. The predicted octanol–water partition coefficient (Wildman–Crippen LogP) is 5.52. The smallest absolute Gasteiger partial charge is 0.490 e. The summed E-state index contributed by atoms with van der Waals surface area (Å²) in [5.41, 5.74) is 13.3. The van der Waals surface area contributed by atoms with Crippen molar-refractivity contribution >= 4 is 28.5 Å². The molecular weight excluding hydrogens is 551 g/mol. The van der Waals surface area contributed by atoms with E-state index in [0.717, 1.165) is 63.2 Å². The summed E-state index contributed by atoms with van der Waals surface area (Å²) < 4.78 is 37.7. The molecule has 0 radical (unpaired) electrons. The average molecular weight is 584 g/mol. The number of carboxylic acid groups (broad SMARTS) is 1. The highest BCUT2D eigenvalue weighted by molar-refractivity contribution is 5.83. The first-order chi connectivity index (χ1) is 19.8. The molecule has 1 amide bonds. The van der Waals surface area contributed by atoms with Gasteiger partial charge in [-0.2, -0.15) is 13.2 Å². The number of phenols is 1. The fourth-order valence-electron chi connectivity index (χ4n) is 5.04. The second kappa shape index (κ2) is 12.6. The lowest BCUT2D eigenvalue weighted by atomic mass is 9.93. The molecule has 0 fully saturated rings. The van der Waals surface area contributed by atoms with Gasteiger partial charge in [-0.3, -0.25) is 4.79 Å². The highest BCUT2D eigenvalue weighted by Crippen LogP contribution is 2.32. The zero-order valence-electron chi connectivity index (χ0n) is 23.1. The molecule has 8 nitrogen and oxygen atoms in total. The molecule has 5 rings (SSSR count). The monoisotopic (exact) mass is 583 g/mol. The SMILES string of the molecule is Cc1cc(O)cc(C)c1C[C@H](N)C(=O)N[C@@H]1CCNc2ccc(Cc3cc4ccccc4o3)cc21.O=C(O)C(F)(F)F. The number of aliphatic carboxylic acids is 1. The minimum atomic E-state index is -5.08. The van der Waals surface area contributed by atoms with Crippen molar-refractivity contribution < 1.29 is 37.4 Å². The number of nitrogens with two attached hydrogens (primary N) is 1. The molecule has 0 saturated heterocycles. The Morgan fingerprint density at radius 1 is 1.10 bits per heavy atom. The van der Waals surface area contributed by atoms with Crippen LogP contribution in [0.3, 0.4) is 0 Å². The van der Waals surface area contributed by atoms with E-state index in [1.807, 2.05) is 32.0 Å². The fourth-order valence-corrected chi connectivity index (χ4v) is 5.04. The molecule has 2 atom stereocenters. The fraction of sp³-hybridized carbons (Fsp3) is 0.290. The van der Waals surface area contributed by atoms with Gasteiger partial charge < -0.3 is 31.0 Å². The number of carboxylic acids is 1. The zero-order valence-corrected chi connectivity index (χ0v) is 23.1. The predicted molar refractivity (Wildman–Crippen MR) is 152 cm³/mol. The summed E-state index contributed by atoms with van der Waals surface area (Å²) in [6, 6.07) is 19.1. The van der Waals surface area contributed by atoms with Crippen LogP contribution in [0.2, 0.25) is 0 Å². The standard InChI is InChI=1S/C29H31N3O3.C2HF3O2/c1-17-11-21(33)12-18(2)23(17)16-25(30)29(34)32-27-9-10-31-26-8-7-19(14-24(26)27)13-22-15-20-5-3-4-6-28(20)35-22;3-2(4,5)1(6)7/h3-8,11-12,14-15,25,27,31,33H,9-10,13,16,30H2,1-2H3,(H,32,34);(H,6,7)/t25-,27+;/m0./s1. The molecule has 2 heterocycles. The van der Waals surface area contributed by atoms with Crippen LogP contribution in [-0.4, -0.2) is 40.9 Å². The van der Waals surface area contributed by atoms with Gasteiger partial charge in [-0.05, 0) is 84.8 Å². The number of benzene rings is 3. The minimum absolute atomic E-state index is 0.109. The number of carbonyl (C=O) groups is 2. The van der Waals surface area contributed by atoms with Crippen LogP contribution in [-0.2, 0) is 22.4 Å². The van der Waals surface area contributed by atoms with Crippen molar-refractivity contribution in [1.82, 2.24) is 5.32 Å². The number of halogens is 3. The molecule has 0 spiro atoms. The summed E-state index contributed by atoms with van der Waals surface area (Å²) in [6.45, 7) is 4.64. The van der Waals surface area contributed by atoms with E-state index >= 15 is 0 Å². The molecule has 1 aromatic heterocycles. The van der Waals surface area contributed by atoms with E-state index in [1.165, 1.54) is 0 Å². The molecule has 3 aromatic carbocycles. The van der Waals surface area contributed by atoms with E-state index in [2.05, 4.69) is 41.0 Å². The number of phenolic OH excluding ortho intramolecular Hbond substituents is 1. The molecule has 1 aliphatic heterocycles. The summed E-state index contributed by atoms with van der Waals surface area (Å²) in [4.78, 5) is 22.0. The summed E-state index contributed by atoms with van der Waals surface area (Å²) in [5, 5.41) is 24.6. The summed E-state index contributed by atoms with van der Waals surface area (Å²) in [7, 11) is 0. The molecular formula is C31H32F3N3O5. The van der Waals surface area contributed by atoms with Crippen LogP contribution in [0.5, 0.6) is 5.75 Å². The van der Waals surface area contributed by atoms with Gasteiger partial charge in [-0.15, -0.1) is 0 Å². The first-order valence-corrected chi connectivity index (χ1v) is 13.3. The van der Waals surface area contributed by atoms with Crippen LogP contribution in [0.15, 0.2) is 65.1 Å². The van der Waals surface area contributed by atoms with Crippen molar-refractivity contribution in [2.45, 2.75) is 51.4 Å². The number of fused-ring (bicyclic) bond motifs is 2. The second-order valence-corrected chi connectivity index (χ2v) is 10.3. The van der Waals surface area contributed by atoms with E-state index in [0.29, 0.717) is 12.8 Å². The van der Waals surface area contributed by atoms with Crippen molar-refractivity contribution in [3.63, 3.8) is 0 Å². The number of rotatable bonds is 6. The molecule has 0 aliphatic carbocycles. The van der Waals surface area contributed by atoms with Crippen molar-refractivity contribution in [2.24, 2.45) is 5.73 Å². The van der Waals surface area contributed by atoms with Crippen molar-refractivity contribution in [3.05, 3.63) is 94.2 Å². The molecule has 4 aromatic rings. The third-order valence-electron chi connectivity index (χ3n) is 7.10. The summed E-state index contributed by atoms with van der Waals surface area (Å²) in [5.74, 6) is -1.78. The van der Waals surface area contributed by atoms with E-state index < -0.39 is 18.2 Å². The van der Waals surface area contributed by atoms with Gasteiger partial charge in [0.1, 0.15) is 17.1 Å². The van der Waals surface area contributed by atoms with Gasteiger partial charge in [0, 0.05) is 24.0 Å². The molecule has 42 heavy (non-hydrogen) atoms. The number of furan rings is 1. The number of alkyl halides is 3. The highest BCUT2D eigenvalue weighted by Gasteiger charge is 2.38. The molecule has 222 valence electrons. The van der Waals surface area contributed by atoms with Gasteiger partial charge in [-0.25, -0.2) is 4.79 Å². The average Bonchev–Trinajstić information content (AvgIpc) is 3.33. The zero-order chi connectivity index (χ0) is 30.6. The number of para-hydroxylation sites is 1. The maximum atomic E-state index is 13.1. The van der Waals surface area contributed by atoms with Crippen LogP contribution in [0.25, 0.3) is 11.0 Å². The molecule has 1 aliphatic rings. The van der Waals surface area contributed by atoms with E-state index in [4.69, 9.17) is 20.1 Å². The number of anilines is 1. The molecule has 11 heteroatoms. The summed E-state index contributed by atoms with van der Waals surface area (Å²) >= 11 is 0. The molecule has 0 unspecified atom stereocenters. The number of aryl methyl sites for hydroxylation is 2. The lowest BCUT2D eigenvalue weighted by molar-refractivity contribution is -0.192. The van der Waals surface area contributed by atoms with Gasteiger partial charge in [0.15, 0.2) is 0 Å². The van der Waals surface area contributed by atoms with E-state index in [9.17, 15) is 23.1 Å². The third kappa shape index (κ3) is 7.41. The maximum absolute atomic E-state index is 13.1.